The molecule has 1 heterocycles. The number of carbonyl (C=O) groups is 1. The lowest BCUT2D eigenvalue weighted by atomic mass is 10.1. The minimum atomic E-state index is -0.511. The maximum absolute atomic E-state index is 11.6. The highest BCUT2D eigenvalue weighted by Crippen LogP contribution is 2.28. The van der Waals surface area contributed by atoms with Crippen LogP contribution in [-0.4, -0.2) is 29.8 Å². The van der Waals surface area contributed by atoms with Crippen molar-refractivity contribution in [2.45, 2.75) is 26.4 Å². The fraction of sp³-hybridized carbons (Fsp3) is 0.300. The van der Waals surface area contributed by atoms with Crippen LogP contribution in [-0.2, 0) is 4.74 Å². The Labute approximate surface area is 157 Å². The van der Waals surface area contributed by atoms with Gasteiger partial charge in [0.15, 0.2) is 5.58 Å². The van der Waals surface area contributed by atoms with Crippen molar-refractivity contribution in [2.24, 2.45) is 0 Å². The van der Waals surface area contributed by atoms with E-state index < -0.39 is 11.7 Å². The van der Waals surface area contributed by atoms with Crippen LogP contribution in [0.15, 0.2) is 46.9 Å². The van der Waals surface area contributed by atoms with Crippen LogP contribution in [0, 0.1) is 0 Å². The van der Waals surface area contributed by atoms with Gasteiger partial charge in [-0.3, -0.25) is 0 Å². The molecule has 1 amide bonds. The second kappa shape index (κ2) is 7.57. The molecule has 0 aliphatic rings. The standard InChI is InChI=1S/C20H24N4O3/c1-20(2,3)27-19(25)23-11-10-22-15-9-8-13(12-14(15)21)18-24-16-6-4-5-7-17(16)26-18/h4-9,12,22H,10-11,21H2,1-3H3,(H,23,25). The van der Waals surface area contributed by atoms with Crippen molar-refractivity contribution in [3.05, 3.63) is 42.5 Å². The van der Waals surface area contributed by atoms with E-state index in [1.165, 1.54) is 0 Å². The lowest BCUT2D eigenvalue weighted by Gasteiger charge is -2.19. The molecule has 0 unspecified atom stereocenters. The molecular formula is C20H24N4O3. The Morgan fingerprint density at radius 3 is 2.67 bits per heavy atom. The number of hydrogen-bond donors (Lipinski definition) is 3. The van der Waals surface area contributed by atoms with Gasteiger partial charge >= 0.3 is 6.09 Å². The van der Waals surface area contributed by atoms with E-state index in [0.29, 0.717) is 24.7 Å². The highest BCUT2D eigenvalue weighted by molar-refractivity contribution is 5.78. The minimum absolute atomic E-state index is 0.418. The number of carbonyl (C=O) groups excluding carboxylic acids is 1. The summed E-state index contributed by atoms with van der Waals surface area (Å²) in [6.45, 7) is 6.41. The number of nitrogens with two attached hydrogens (primary N) is 1. The van der Waals surface area contributed by atoms with Gasteiger partial charge in [-0.1, -0.05) is 12.1 Å². The third-order valence-corrected chi connectivity index (χ3v) is 3.70. The number of nitrogens with one attached hydrogen (secondary N) is 2. The molecule has 0 saturated carbocycles. The zero-order valence-electron chi connectivity index (χ0n) is 15.7. The number of aromatic nitrogens is 1. The average molecular weight is 368 g/mol. The first-order valence-electron chi connectivity index (χ1n) is 8.78. The molecule has 3 rings (SSSR count). The van der Waals surface area contributed by atoms with E-state index in [1.54, 1.807) is 0 Å². The van der Waals surface area contributed by atoms with E-state index in [2.05, 4.69) is 15.6 Å². The minimum Gasteiger partial charge on any atom is -0.444 e. The van der Waals surface area contributed by atoms with Gasteiger partial charge in [-0.25, -0.2) is 9.78 Å². The Bertz CT molecular complexity index is 911. The number of nitrogens with zero attached hydrogens (tertiary/aromatic N) is 1. The molecule has 0 saturated heterocycles. The van der Waals surface area contributed by atoms with Crippen molar-refractivity contribution in [1.29, 1.82) is 0 Å². The Morgan fingerprint density at radius 2 is 1.96 bits per heavy atom. The zero-order chi connectivity index (χ0) is 19.4. The van der Waals surface area contributed by atoms with Crippen molar-refractivity contribution in [1.82, 2.24) is 10.3 Å². The summed E-state index contributed by atoms with van der Waals surface area (Å²) in [5.41, 5.74) is 9.33. The number of oxazole rings is 1. The summed E-state index contributed by atoms with van der Waals surface area (Å²) in [6, 6.07) is 13.2. The maximum atomic E-state index is 11.6. The van der Waals surface area contributed by atoms with E-state index in [0.717, 1.165) is 22.4 Å². The third kappa shape index (κ3) is 4.91. The molecule has 7 nitrogen and oxygen atoms in total. The topological polar surface area (TPSA) is 102 Å². The van der Waals surface area contributed by atoms with E-state index in [-0.39, 0.29) is 0 Å². The van der Waals surface area contributed by atoms with E-state index >= 15 is 0 Å². The Morgan fingerprint density at radius 1 is 1.19 bits per heavy atom. The number of benzene rings is 2. The van der Waals surface area contributed by atoms with E-state index in [9.17, 15) is 4.79 Å². The number of para-hydroxylation sites is 2. The van der Waals surface area contributed by atoms with Gasteiger partial charge in [0, 0.05) is 18.7 Å². The second-order valence-electron chi connectivity index (χ2n) is 7.14. The lowest BCUT2D eigenvalue weighted by molar-refractivity contribution is 0.0530. The number of anilines is 2. The third-order valence-electron chi connectivity index (χ3n) is 3.70. The van der Waals surface area contributed by atoms with Gasteiger partial charge in [-0.15, -0.1) is 0 Å². The van der Waals surface area contributed by atoms with Crippen molar-refractivity contribution in [3.63, 3.8) is 0 Å². The Kier molecular flexibility index (Phi) is 5.21. The molecule has 0 atom stereocenters. The summed E-state index contributed by atoms with van der Waals surface area (Å²) in [5.74, 6) is 0.529. The van der Waals surface area contributed by atoms with E-state index in [4.69, 9.17) is 14.9 Å². The van der Waals surface area contributed by atoms with Crippen molar-refractivity contribution in [3.8, 4) is 11.5 Å². The summed E-state index contributed by atoms with van der Waals surface area (Å²) in [4.78, 5) is 16.1. The van der Waals surface area contributed by atoms with Crippen LogP contribution in [0.25, 0.3) is 22.6 Å². The smallest absolute Gasteiger partial charge is 0.407 e. The molecule has 0 aliphatic heterocycles. The molecule has 2 aromatic carbocycles. The monoisotopic (exact) mass is 368 g/mol. The molecule has 27 heavy (non-hydrogen) atoms. The van der Waals surface area contributed by atoms with Gasteiger partial charge in [0.25, 0.3) is 0 Å². The van der Waals surface area contributed by atoms with Crippen molar-refractivity contribution in [2.75, 3.05) is 24.1 Å². The van der Waals surface area contributed by atoms with Crippen molar-refractivity contribution >= 4 is 28.6 Å². The van der Waals surface area contributed by atoms with Crippen LogP contribution < -0.4 is 16.4 Å². The molecule has 0 spiro atoms. The molecule has 1 aromatic heterocycles. The van der Waals surface area contributed by atoms with Gasteiger partial charge in [-0.05, 0) is 51.1 Å². The van der Waals surface area contributed by atoms with Crippen LogP contribution in [0.2, 0.25) is 0 Å². The Hall–Kier alpha value is -3.22. The summed E-state index contributed by atoms with van der Waals surface area (Å²) in [6.07, 6.45) is -0.441. The van der Waals surface area contributed by atoms with Crippen LogP contribution in [0.1, 0.15) is 20.8 Å². The highest BCUT2D eigenvalue weighted by Gasteiger charge is 2.15. The van der Waals surface area contributed by atoms with Crippen LogP contribution >= 0.6 is 0 Å². The fourth-order valence-corrected chi connectivity index (χ4v) is 2.53. The van der Waals surface area contributed by atoms with Crippen LogP contribution in [0.4, 0.5) is 16.2 Å². The molecular weight excluding hydrogens is 344 g/mol. The molecule has 0 fully saturated rings. The zero-order valence-corrected chi connectivity index (χ0v) is 15.7. The SMILES string of the molecule is CC(C)(C)OC(=O)NCCNc1ccc(-c2nc3ccccc3o2)cc1N. The predicted molar refractivity (Wildman–Crippen MR) is 107 cm³/mol. The quantitative estimate of drug-likeness (QED) is 0.464. The predicted octanol–water partition coefficient (Wildman–Crippen LogP) is 4.01. The van der Waals surface area contributed by atoms with Gasteiger partial charge in [0.05, 0.1) is 11.4 Å². The van der Waals surface area contributed by atoms with Gasteiger partial charge in [-0.2, -0.15) is 0 Å². The van der Waals surface area contributed by atoms with Gasteiger partial charge in [0.2, 0.25) is 5.89 Å². The number of nitrogen functional groups attached to an aromatic ring is 1. The number of hydrogen-bond acceptors (Lipinski definition) is 6. The fourth-order valence-electron chi connectivity index (χ4n) is 2.53. The molecule has 0 aliphatic carbocycles. The largest absolute Gasteiger partial charge is 0.444 e. The molecule has 0 bridgehead atoms. The summed E-state index contributed by atoms with van der Waals surface area (Å²) >= 11 is 0. The number of ether oxygens (including phenoxy) is 1. The number of rotatable bonds is 5. The number of amides is 1. The van der Waals surface area contributed by atoms with Crippen molar-refractivity contribution < 1.29 is 13.9 Å². The molecule has 142 valence electrons. The normalized spacial score (nSPS) is 11.4. The molecule has 7 heteroatoms. The first-order chi connectivity index (χ1) is 12.8. The number of alkyl carbamates (subject to hydrolysis) is 1. The van der Waals surface area contributed by atoms with E-state index in [1.807, 2.05) is 63.2 Å². The van der Waals surface area contributed by atoms with Crippen LogP contribution in [0.5, 0.6) is 0 Å². The van der Waals surface area contributed by atoms with Crippen LogP contribution in [0.3, 0.4) is 0 Å². The van der Waals surface area contributed by atoms with Gasteiger partial charge < -0.3 is 25.5 Å². The molecule has 3 aromatic rings. The molecule has 0 radical (unpaired) electrons. The average Bonchev–Trinajstić information content (AvgIpc) is 3.02. The summed E-state index contributed by atoms with van der Waals surface area (Å²) < 4.78 is 10.9. The maximum Gasteiger partial charge on any atom is 0.407 e. The lowest BCUT2D eigenvalue weighted by Crippen LogP contribution is -2.35. The summed E-state index contributed by atoms with van der Waals surface area (Å²) in [7, 11) is 0. The first kappa shape index (κ1) is 18.6. The highest BCUT2D eigenvalue weighted by atomic mass is 16.6. The molecule has 4 N–H and O–H groups in total. The summed E-state index contributed by atoms with van der Waals surface area (Å²) in [5, 5.41) is 5.88. The second-order valence-corrected chi connectivity index (χ2v) is 7.14. The number of fused-ring (bicyclic) bond motifs is 1. The first-order valence-corrected chi connectivity index (χ1v) is 8.78. The Balaban J connectivity index is 1.58. The van der Waals surface area contributed by atoms with Gasteiger partial charge in [0.1, 0.15) is 11.1 Å².